The minimum absolute atomic E-state index is 0.0119. The van der Waals surface area contributed by atoms with E-state index in [0.29, 0.717) is 52.7 Å². The van der Waals surface area contributed by atoms with Crippen LogP contribution in [0.4, 0.5) is 10.5 Å². The second-order valence-electron chi connectivity index (χ2n) is 8.55. The van der Waals surface area contributed by atoms with Crippen molar-refractivity contribution in [1.29, 1.82) is 0 Å². The molecule has 0 aliphatic carbocycles. The number of rotatable bonds is 9. The van der Waals surface area contributed by atoms with Gasteiger partial charge in [0.05, 0.1) is 23.6 Å². The Balaban J connectivity index is 1.60. The zero-order valence-electron chi connectivity index (χ0n) is 20.9. The van der Waals surface area contributed by atoms with Crippen LogP contribution < -0.4 is 10.6 Å². The lowest BCUT2D eigenvalue weighted by molar-refractivity contribution is -0.134. The highest BCUT2D eigenvalue weighted by Gasteiger charge is 2.29. The molecule has 9 nitrogen and oxygen atoms in total. The number of carbonyl (C=O) groups is 2. The maximum atomic E-state index is 13.0. The first-order chi connectivity index (χ1) is 17.4. The first-order valence-corrected chi connectivity index (χ1v) is 12.2. The Morgan fingerprint density at radius 1 is 0.917 bits per heavy atom. The predicted molar refractivity (Wildman–Crippen MR) is 138 cm³/mol. The maximum absolute atomic E-state index is 13.0. The summed E-state index contributed by atoms with van der Waals surface area (Å²) in [4.78, 5) is 37.1. The quantitative estimate of drug-likeness (QED) is 0.318. The molecule has 0 unspecified atom stereocenters. The van der Waals surface area contributed by atoms with Gasteiger partial charge in [-0.3, -0.25) is 4.79 Å². The number of aromatic nitrogens is 2. The normalized spacial score (nSPS) is 12.8. The molecule has 9 heteroatoms. The van der Waals surface area contributed by atoms with Crippen LogP contribution in [0.3, 0.4) is 0 Å². The third-order valence-corrected chi connectivity index (χ3v) is 6.27. The maximum Gasteiger partial charge on any atom is 0.319 e. The van der Waals surface area contributed by atoms with Crippen LogP contribution >= 0.6 is 0 Å². The Morgan fingerprint density at radius 2 is 1.53 bits per heavy atom. The summed E-state index contributed by atoms with van der Waals surface area (Å²) in [5.74, 6) is 1.04. The van der Waals surface area contributed by atoms with Gasteiger partial charge in [0.25, 0.3) is 0 Å². The van der Waals surface area contributed by atoms with E-state index >= 15 is 0 Å². The van der Waals surface area contributed by atoms with Gasteiger partial charge in [-0.1, -0.05) is 20.3 Å². The second kappa shape index (κ2) is 11.1. The van der Waals surface area contributed by atoms with E-state index in [4.69, 9.17) is 18.8 Å². The molecular formula is C27H31N5O4. The van der Waals surface area contributed by atoms with Crippen molar-refractivity contribution in [1.82, 2.24) is 20.2 Å². The van der Waals surface area contributed by atoms with Gasteiger partial charge in [0.2, 0.25) is 5.91 Å². The van der Waals surface area contributed by atoms with Crippen LogP contribution in [-0.4, -0.2) is 45.9 Å². The van der Waals surface area contributed by atoms with Gasteiger partial charge in [-0.15, -0.1) is 0 Å². The Kier molecular flexibility index (Phi) is 7.68. The number of urea groups is 1. The number of carbonyl (C=O) groups excluding carboxylic acids is 2. The number of anilines is 1. The van der Waals surface area contributed by atoms with Gasteiger partial charge in [0.1, 0.15) is 17.4 Å². The van der Waals surface area contributed by atoms with Crippen LogP contribution in [0.5, 0.6) is 0 Å². The van der Waals surface area contributed by atoms with Gasteiger partial charge in [-0.2, -0.15) is 0 Å². The molecule has 0 saturated carbocycles. The van der Waals surface area contributed by atoms with Crippen LogP contribution in [0.15, 0.2) is 63.8 Å². The van der Waals surface area contributed by atoms with Gasteiger partial charge in [0.15, 0.2) is 11.5 Å². The molecule has 4 rings (SSSR count). The number of nitrogens with one attached hydrogen (secondary N) is 2. The molecule has 0 aliphatic heterocycles. The Hall–Kier alpha value is -4.14. The molecule has 3 amide bonds. The van der Waals surface area contributed by atoms with Crippen molar-refractivity contribution in [2.75, 3.05) is 18.4 Å². The Bertz CT molecular complexity index is 1310. The summed E-state index contributed by atoms with van der Waals surface area (Å²) in [6.45, 7) is 9.01. The lowest BCUT2D eigenvalue weighted by Crippen LogP contribution is -2.52. The molecule has 188 valence electrons. The summed E-state index contributed by atoms with van der Waals surface area (Å²) in [6, 6.07) is 11.4. The molecule has 1 aromatic carbocycles. The number of hydrogen-bond donors (Lipinski definition) is 2. The molecule has 3 heterocycles. The molecule has 0 fully saturated rings. The number of nitrogens with zero attached hydrogens (tertiary/aromatic N) is 3. The number of fused-ring (bicyclic) bond motifs is 1. The highest BCUT2D eigenvalue weighted by atomic mass is 16.3. The molecule has 0 spiro atoms. The highest BCUT2D eigenvalue weighted by molar-refractivity contribution is 5.95. The van der Waals surface area contributed by atoms with E-state index in [0.717, 1.165) is 6.42 Å². The summed E-state index contributed by atoms with van der Waals surface area (Å²) in [6.07, 6.45) is 3.91. The van der Waals surface area contributed by atoms with Crippen molar-refractivity contribution in [2.24, 2.45) is 5.92 Å². The molecule has 0 bridgehead atoms. The summed E-state index contributed by atoms with van der Waals surface area (Å²) in [7, 11) is 0. The monoisotopic (exact) mass is 489 g/mol. The third-order valence-electron chi connectivity index (χ3n) is 6.27. The van der Waals surface area contributed by atoms with E-state index in [1.165, 1.54) is 0 Å². The summed E-state index contributed by atoms with van der Waals surface area (Å²) >= 11 is 0. The van der Waals surface area contributed by atoms with E-state index in [1.54, 1.807) is 53.8 Å². The van der Waals surface area contributed by atoms with E-state index in [9.17, 15) is 9.59 Å². The number of likely N-dealkylation sites (N-methyl/N-ethyl adjacent to an activating group) is 1. The van der Waals surface area contributed by atoms with Crippen molar-refractivity contribution in [3.8, 4) is 22.9 Å². The van der Waals surface area contributed by atoms with E-state index in [-0.39, 0.29) is 11.8 Å². The third kappa shape index (κ3) is 5.25. The summed E-state index contributed by atoms with van der Waals surface area (Å²) in [5, 5.41) is 5.71. The molecule has 0 aliphatic rings. The fraction of sp³-hybridized carbons (Fsp3) is 0.333. The molecule has 3 aromatic heterocycles. The zero-order valence-corrected chi connectivity index (χ0v) is 20.9. The predicted octanol–water partition coefficient (Wildman–Crippen LogP) is 5.55. The van der Waals surface area contributed by atoms with Gasteiger partial charge < -0.3 is 24.4 Å². The van der Waals surface area contributed by atoms with Crippen LogP contribution in [0.25, 0.3) is 33.9 Å². The number of amides is 3. The molecule has 2 N–H and O–H groups in total. The van der Waals surface area contributed by atoms with Crippen LogP contribution in [-0.2, 0) is 4.79 Å². The van der Waals surface area contributed by atoms with Crippen molar-refractivity contribution >= 4 is 28.7 Å². The molecule has 2 atom stereocenters. The van der Waals surface area contributed by atoms with Crippen molar-refractivity contribution in [3.05, 3.63) is 55.0 Å². The average Bonchev–Trinajstić information content (AvgIpc) is 3.61. The van der Waals surface area contributed by atoms with E-state index in [2.05, 4.69) is 10.6 Å². The van der Waals surface area contributed by atoms with Crippen molar-refractivity contribution < 1.29 is 18.4 Å². The lowest BCUT2D eigenvalue weighted by atomic mass is 9.98. The summed E-state index contributed by atoms with van der Waals surface area (Å²) in [5.41, 5.74) is 2.84. The average molecular weight is 490 g/mol. The molecule has 0 radical (unpaired) electrons. The zero-order chi connectivity index (χ0) is 25.7. The van der Waals surface area contributed by atoms with Crippen LogP contribution in [0, 0.1) is 5.92 Å². The smallest absolute Gasteiger partial charge is 0.319 e. The molecule has 0 saturated heterocycles. The minimum atomic E-state index is -0.614. The number of furan rings is 2. The Labute approximate surface area is 209 Å². The summed E-state index contributed by atoms with van der Waals surface area (Å²) < 4.78 is 11.1. The highest BCUT2D eigenvalue weighted by Crippen LogP contribution is 2.32. The minimum Gasteiger partial charge on any atom is -0.463 e. The Morgan fingerprint density at radius 3 is 2.06 bits per heavy atom. The van der Waals surface area contributed by atoms with E-state index in [1.807, 2.05) is 33.8 Å². The van der Waals surface area contributed by atoms with Crippen LogP contribution in [0.1, 0.15) is 34.1 Å². The standard InChI is InChI=1S/C27H31N5O4/c1-5-17(4)23(26(33)32(6-2)7-3)31-27(34)28-18-12-13-19-20(16-18)30-25(22-11-9-15-36-22)24(29-19)21-10-8-14-35-21/h8-17,23H,5-7H2,1-4H3,(H2,28,31,34)/t17-,23-/m0/s1. The van der Waals surface area contributed by atoms with Gasteiger partial charge in [-0.05, 0) is 62.2 Å². The van der Waals surface area contributed by atoms with Gasteiger partial charge in [0, 0.05) is 18.8 Å². The SMILES string of the molecule is CC[C@H](C)[C@H](NC(=O)Nc1ccc2nc(-c3ccco3)c(-c3ccco3)nc2c1)C(=O)N(CC)CC. The van der Waals surface area contributed by atoms with E-state index < -0.39 is 12.1 Å². The van der Waals surface area contributed by atoms with Gasteiger partial charge in [-0.25, -0.2) is 14.8 Å². The largest absolute Gasteiger partial charge is 0.463 e. The fourth-order valence-electron chi connectivity index (χ4n) is 4.03. The number of hydrogen-bond acceptors (Lipinski definition) is 6. The van der Waals surface area contributed by atoms with Gasteiger partial charge >= 0.3 is 6.03 Å². The number of benzene rings is 1. The van der Waals surface area contributed by atoms with Crippen molar-refractivity contribution in [2.45, 2.75) is 40.2 Å². The lowest BCUT2D eigenvalue weighted by Gasteiger charge is -2.29. The van der Waals surface area contributed by atoms with Crippen molar-refractivity contribution in [3.63, 3.8) is 0 Å². The van der Waals surface area contributed by atoms with Crippen LogP contribution in [0.2, 0.25) is 0 Å². The molecule has 4 aromatic rings. The first-order valence-electron chi connectivity index (χ1n) is 12.2. The molecular weight excluding hydrogens is 458 g/mol. The first kappa shape index (κ1) is 25.0. The fourth-order valence-corrected chi connectivity index (χ4v) is 4.03. The topological polar surface area (TPSA) is 113 Å². The second-order valence-corrected chi connectivity index (χ2v) is 8.55. The molecule has 36 heavy (non-hydrogen) atoms.